The fourth-order valence-electron chi connectivity index (χ4n) is 3.60. The van der Waals surface area contributed by atoms with Gasteiger partial charge in [0.05, 0.1) is 18.5 Å². The molecule has 0 fully saturated rings. The van der Waals surface area contributed by atoms with Crippen LogP contribution in [0.15, 0.2) is 54.7 Å². The van der Waals surface area contributed by atoms with E-state index >= 15 is 0 Å². The number of hydrogen-bond donors (Lipinski definition) is 3. The van der Waals surface area contributed by atoms with Gasteiger partial charge in [0, 0.05) is 24.2 Å². The Bertz CT molecular complexity index is 1070. The van der Waals surface area contributed by atoms with E-state index < -0.39 is 11.9 Å². The molecule has 0 spiro atoms. The number of aromatic carboxylic acids is 1. The lowest BCUT2D eigenvalue weighted by atomic mass is 9.88. The van der Waals surface area contributed by atoms with E-state index in [1.165, 1.54) is 6.20 Å². The molecule has 0 unspecified atom stereocenters. The Morgan fingerprint density at radius 3 is 2.61 bits per heavy atom. The number of aromatic hydroxyl groups is 1. The van der Waals surface area contributed by atoms with Crippen molar-refractivity contribution >= 4 is 17.6 Å². The minimum atomic E-state index is -1.12. The van der Waals surface area contributed by atoms with Crippen LogP contribution in [0.25, 0.3) is 5.69 Å². The van der Waals surface area contributed by atoms with Gasteiger partial charge in [-0.2, -0.15) is 0 Å². The Balaban J connectivity index is 1.94. The van der Waals surface area contributed by atoms with Crippen molar-refractivity contribution in [3.63, 3.8) is 0 Å². The zero-order valence-electron chi connectivity index (χ0n) is 15.0. The summed E-state index contributed by atoms with van der Waals surface area (Å²) >= 11 is 0. The second-order valence-corrected chi connectivity index (χ2v) is 6.58. The molecule has 0 aliphatic carbocycles. The summed E-state index contributed by atoms with van der Waals surface area (Å²) in [6, 6.07) is 13.9. The van der Waals surface area contributed by atoms with Gasteiger partial charge in [-0.1, -0.05) is 12.1 Å². The highest BCUT2D eigenvalue weighted by Crippen LogP contribution is 2.42. The molecule has 1 atom stereocenters. The zero-order chi connectivity index (χ0) is 19.8. The second-order valence-electron chi connectivity index (χ2n) is 6.58. The number of nitrogens with one attached hydrogen (secondary N) is 1. The number of carbonyl (C=O) groups is 2. The number of carboxylic acids is 1. The minimum absolute atomic E-state index is 0.0176. The lowest BCUT2D eigenvalue weighted by molar-refractivity contribution is -0.116. The first-order valence-corrected chi connectivity index (χ1v) is 8.69. The summed E-state index contributed by atoms with van der Waals surface area (Å²) < 4.78 is 6.96. The molecule has 0 saturated carbocycles. The summed E-state index contributed by atoms with van der Waals surface area (Å²) in [6.07, 6.45) is 1.66. The zero-order valence-corrected chi connectivity index (χ0v) is 15.0. The number of anilines is 1. The smallest absolute Gasteiger partial charge is 0.339 e. The van der Waals surface area contributed by atoms with E-state index in [1.807, 2.05) is 18.2 Å². The molecule has 4 rings (SSSR count). The molecule has 0 bridgehead atoms. The van der Waals surface area contributed by atoms with Gasteiger partial charge in [-0.15, -0.1) is 0 Å². The van der Waals surface area contributed by atoms with Crippen LogP contribution in [0.3, 0.4) is 0 Å². The third-order valence-corrected chi connectivity index (χ3v) is 4.88. The van der Waals surface area contributed by atoms with Crippen LogP contribution in [0.5, 0.6) is 11.5 Å². The van der Waals surface area contributed by atoms with Crippen LogP contribution in [0, 0.1) is 0 Å². The minimum Gasteiger partial charge on any atom is -0.508 e. The molecule has 1 aromatic heterocycles. The van der Waals surface area contributed by atoms with Crippen molar-refractivity contribution in [1.82, 2.24) is 4.57 Å². The predicted octanol–water partition coefficient (Wildman–Crippen LogP) is 3.36. The van der Waals surface area contributed by atoms with Crippen LogP contribution in [0.4, 0.5) is 5.69 Å². The van der Waals surface area contributed by atoms with Gasteiger partial charge in [0.2, 0.25) is 5.91 Å². The highest BCUT2D eigenvalue weighted by molar-refractivity contribution is 6.04. The van der Waals surface area contributed by atoms with E-state index in [0.29, 0.717) is 11.4 Å². The Labute approximate surface area is 160 Å². The molecule has 3 aromatic rings. The molecule has 1 aliphatic heterocycles. The van der Waals surface area contributed by atoms with Crippen LogP contribution in [-0.2, 0) is 4.79 Å². The molecule has 142 valence electrons. The second kappa shape index (κ2) is 6.77. The highest BCUT2D eigenvalue weighted by Gasteiger charge is 2.34. The third kappa shape index (κ3) is 2.96. The fourth-order valence-corrected chi connectivity index (χ4v) is 3.60. The number of ether oxygens (including phenoxy) is 1. The molecular formula is C21H18N2O5. The molecular weight excluding hydrogens is 360 g/mol. The maximum atomic E-state index is 12.3. The van der Waals surface area contributed by atoms with Gasteiger partial charge in [0.15, 0.2) is 0 Å². The van der Waals surface area contributed by atoms with Crippen LogP contribution in [0.1, 0.15) is 34.0 Å². The molecule has 1 aliphatic rings. The average molecular weight is 378 g/mol. The van der Waals surface area contributed by atoms with Crippen molar-refractivity contribution in [3.05, 3.63) is 71.5 Å². The predicted molar refractivity (Wildman–Crippen MR) is 102 cm³/mol. The number of amides is 1. The summed E-state index contributed by atoms with van der Waals surface area (Å²) in [5.41, 5.74) is 2.44. The Kier molecular flexibility index (Phi) is 4.27. The van der Waals surface area contributed by atoms with Gasteiger partial charge in [0.1, 0.15) is 17.1 Å². The first-order chi connectivity index (χ1) is 13.5. The van der Waals surface area contributed by atoms with Crippen LogP contribution in [-0.4, -0.2) is 33.8 Å². The standard InChI is InChI=1S/C21H18N2O5/c1-28-15-7-5-13(6-8-15)23-11-17(21(26)27)19-20(23)16(10-18(25)22-19)12-3-2-4-14(24)9-12/h2-9,11,16,24H,10H2,1H3,(H,22,25)(H,26,27)/t16-/m0/s1. The first-order valence-electron chi connectivity index (χ1n) is 8.69. The largest absolute Gasteiger partial charge is 0.508 e. The summed E-state index contributed by atoms with van der Waals surface area (Å²) in [7, 11) is 1.57. The van der Waals surface area contributed by atoms with Crippen molar-refractivity contribution in [1.29, 1.82) is 0 Å². The highest BCUT2D eigenvalue weighted by atomic mass is 16.5. The molecule has 2 aromatic carbocycles. The number of methoxy groups -OCH3 is 1. The Hall–Kier alpha value is -3.74. The van der Waals surface area contributed by atoms with Gasteiger partial charge < -0.3 is 24.8 Å². The number of benzene rings is 2. The summed E-state index contributed by atoms with van der Waals surface area (Å²) in [4.78, 5) is 24.1. The van der Waals surface area contributed by atoms with Gasteiger partial charge in [0.25, 0.3) is 0 Å². The number of rotatable bonds is 4. The van der Waals surface area contributed by atoms with E-state index in [2.05, 4.69) is 5.32 Å². The number of phenols is 1. The van der Waals surface area contributed by atoms with Gasteiger partial charge in [-0.25, -0.2) is 4.79 Å². The maximum absolute atomic E-state index is 12.3. The summed E-state index contributed by atoms with van der Waals surface area (Å²) in [6.45, 7) is 0. The Morgan fingerprint density at radius 1 is 1.21 bits per heavy atom. The molecule has 28 heavy (non-hydrogen) atoms. The summed E-state index contributed by atoms with van der Waals surface area (Å²) in [5.74, 6) is -1.02. The van der Waals surface area contributed by atoms with Crippen molar-refractivity contribution in [2.45, 2.75) is 12.3 Å². The molecule has 3 N–H and O–H groups in total. The number of fused-ring (bicyclic) bond motifs is 1. The van der Waals surface area contributed by atoms with Crippen molar-refractivity contribution < 1.29 is 24.5 Å². The fraction of sp³-hybridized carbons (Fsp3) is 0.143. The molecule has 7 heteroatoms. The monoisotopic (exact) mass is 378 g/mol. The molecule has 2 heterocycles. The number of nitrogens with zero attached hydrogens (tertiary/aromatic N) is 1. The number of phenolic OH excluding ortho intramolecular Hbond substituents is 1. The van der Waals surface area contributed by atoms with Crippen LogP contribution < -0.4 is 10.1 Å². The van der Waals surface area contributed by atoms with Crippen LogP contribution in [0.2, 0.25) is 0 Å². The Morgan fingerprint density at radius 2 is 1.96 bits per heavy atom. The van der Waals surface area contributed by atoms with Gasteiger partial charge in [-0.05, 0) is 42.0 Å². The van der Waals surface area contributed by atoms with Crippen molar-refractivity contribution in [2.75, 3.05) is 12.4 Å². The first kappa shape index (κ1) is 17.7. The van der Waals surface area contributed by atoms with Crippen molar-refractivity contribution in [2.24, 2.45) is 0 Å². The lowest BCUT2D eigenvalue weighted by Gasteiger charge is -2.26. The van der Waals surface area contributed by atoms with E-state index in [1.54, 1.807) is 42.0 Å². The molecule has 7 nitrogen and oxygen atoms in total. The number of carboxylic acid groups (broad SMARTS) is 1. The quantitative estimate of drug-likeness (QED) is 0.646. The topological polar surface area (TPSA) is 101 Å². The number of aromatic nitrogens is 1. The lowest BCUT2D eigenvalue weighted by Crippen LogP contribution is -2.25. The van der Waals surface area contributed by atoms with Gasteiger partial charge in [-0.3, -0.25) is 4.79 Å². The normalized spacial score (nSPS) is 15.6. The van der Waals surface area contributed by atoms with E-state index in [4.69, 9.17) is 4.74 Å². The number of hydrogen-bond acceptors (Lipinski definition) is 4. The molecule has 1 amide bonds. The van der Waals surface area contributed by atoms with Gasteiger partial charge >= 0.3 is 5.97 Å². The van der Waals surface area contributed by atoms with E-state index in [0.717, 1.165) is 11.3 Å². The number of carbonyl (C=O) groups excluding carboxylic acids is 1. The van der Waals surface area contributed by atoms with Crippen LogP contribution >= 0.6 is 0 Å². The summed E-state index contributed by atoms with van der Waals surface area (Å²) in [5, 5.41) is 22.2. The third-order valence-electron chi connectivity index (χ3n) is 4.88. The molecule has 0 radical (unpaired) electrons. The molecule has 0 saturated heterocycles. The van der Waals surface area contributed by atoms with E-state index in [9.17, 15) is 19.8 Å². The SMILES string of the molecule is COc1ccc(-n2cc(C(=O)O)c3c2[C@H](c2cccc(O)c2)CC(=O)N3)cc1. The maximum Gasteiger partial charge on any atom is 0.339 e. The van der Waals surface area contributed by atoms with E-state index in [-0.39, 0.29) is 29.3 Å². The average Bonchev–Trinajstić information content (AvgIpc) is 3.07. The van der Waals surface area contributed by atoms with Crippen molar-refractivity contribution in [3.8, 4) is 17.2 Å².